The van der Waals surface area contributed by atoms with E-state index in [-0.39, 0.29) is 0 Å². The zero-order valence-electron chi connectivity index (χ0n) is 9.86. The van der Waals surface area contributed by atoms with E-state index in [9.17, 15) is 0 Å². The molecule has 90 valence electrons. The number of H-pyrrole nitrogens is 1. The van der Waals surface area contributed by atoms with Crippen molar-refractivity contribution in [3.63, 3.8) is 0 Å². The standard InChI is InChI=1S/C12H22N4/c13-7-8-16(12-9-14-15-10-12)11-5-3-1-2-4-6-11/h9-11H,1-8,13H2,(H,14,15). The molecule has 0 aromatic carbocycles. The van der Waals surface area contributed by atoms with Gasteiger partial charge in [0.15, 0.2) is 0 Å². The highest BCUT2D eigenvalue weighted by Crippen LogP contribution is 2.25. The first-order valence-electron chi connectivity index (χ1n) is 6.37. The monoisotopic (exact) mass is 222 g/mol. The van der Waals surface area contributed by atoms with Crippen molar-refractivity contribution in [2.75, 3.05) is 18.0 Å². The number of nitrogens with two attached hydrogens (primary N) is 1. The Labute approximate surface area is 97.2 Å². The van der Waals surface area contributed by atoms with E-state index in [1.54, 1.807) is 0 Å². The van der Waals surface area contributed by atoms with E-state index < -0.39 is 0 Å². The molecule has 0 amide bonds. The Hall–Kier alpha value is -1.03. The molecule has 1 fully saturated rings. The molecule has 0 bridgehead atoms. The molecule has 0 spiro atoms. The highest BCUT2D eigenvalue weighted by atomic mass is 15.2. The summed E-state index contributed by atoms with van der Waals surface area (Å²) in [4.78, 5) is 2.43. The lowest BCUT2D eigenvalue weighted by Crippen LogP contribution is -2.38. The third kappa shape index (κ3) is 2.76. The number of aromatic amines is 1. The maximum atomic E-state index is 5.71. The van der Waals surface area contributed by atoms with Crippen molar-refractivity contribution in [1.29, 1.82) is 0 Å². The quantitative estimate of drug-likeness (QED) is 0.765. The normalized spacial score (nSPS) is 18.3. The van der Waals surface area contributed by atoms with Crippen LogP contribution in [0.25, 0.3) is 0 Å². The second kappa shape index (κ2) is 5.89. The minimum Gasteiger partial charge on any atom is -0.365 e. The molecule has 0 radical (unpaired) electrons. The van der Waals surface area contributed by atoms with Crippen LogP contribution in [0.4, 0.5) is 5.69 Å². The molecule has 4 nitrogen and oxygen atoms in total. The molecule has 3 N–H and O–H groups in total. The minimum atomic E-state index is 0.656. The van der Waals surface area contributed by atoms with E-state index >= 15 is 0 Å². The number of nitrogens with zero attached hydrogens (tertiary/aromatic N) is 2. The molecule has 1 heterocycles. The van der Waals surface area contributed by atoms with Crippen molar-refractivity contribution in [2.24, 2.45) is 5.73 Å². The number of rotatable bonds is 4. The highest BCUT2D eigenvalue weighted by molar-refractivity contribution is 5.43. The van der Waals surface area contributed by atoms with Crippen molar-refractivity contribution in [3.05, 3.63) is 12.4 Å². The summed E-state index contributed by atoms with van der Waals surface area (Å²) in [5, 5.41) is 6.93. The van der Waals surface area contributed by atoms with E-state index in [2.05, 4.69) is 15.1 Å². The predicted molar refractivity (Wildman–Crippen MR) is 66.5 cm³/mol. The zero-order valence-corrected chi connectivity index (χ0v) is 9.86. The Morgan fingerprint density at radius 2 is 2.06 bits per heavy atom. The first-order valence-corrected chi connectivity index (χ1v) is 6.37. The van der Waals surface area contributed by atoms with Gasteiger partial charge >= 0.3 is 0 Å². The lowest BCUT2D eigenvalue weighted by Gasteiger charge is -2.31. The fourth-order valence-corrected chi connectivity index (χ4v) is 2.63. The molecule has 2 rings (SSSR count). The predicted octanol–water partition coefficient (Wildman–Crippen LogP) is 1.90. The Morgan fingerprint density at radius 1 is 1.31 bits per heavy atom. The Kier molecular flexibility index (Phi) is 4.22. The van der Waals surface area contributed by atoms with Crippen LogP contribution in [-0.2, 0) is 0 Å². The zero-order chi connectivity index (χ0) is 11.2. The molecular formula is C12H22N4. The lowest BCUT2D eigenvalue weighted by atomic mass is 10.1. The van der Waals surface area contributed by atoms with Gasteiger partial charge < -0.3 is 10.6 Å². The van der Waals surface area contributed by atoms with Crippen LogP contribution in [0.2, 0.25) is 0 Å². The molecule has 1 aliphatic carbocycles. The minimum absolute atomic E-state index is 0.656. The van der Waals surface area contributed by atoms with E-state index in [4.69, 9.17) is 5.73 Å². The van der Waals surface area contributed by atoms with Crippen molar-refractivity contribution in [2.45, 2.75) is 44.6 Å². The summed E-state index contributed by atoms with van der Waals surface area (Å²) in [6.07, 6.45) is 11.9. The third-order valence-electron chi connectivity index (χ3n) is 3.45. The SMILES string of the molecule is NCCN(c1cn[nH]c1)C1CCCCCC1. The largest absolute Gasteiger partial charge is 0.365 e. The molecule has 1 saturated carbocycles. The summed E-state index contributed by atoms with van der Waals surface area (Å²) >= 11 is 0. The van der Waals surface area contributed by atoms with Gasteiger partial charge in [0, 0.05) is 25.3 Å². The number of nitrogens with one attached hydrogen (secondary N) is 1. The van der Waals surface area contributed by atoms with Crippen LogP contribution in [0.5, 0.6) is 0 Å². The molecular weight excluding hydrogens is 200 g/mol. The van der Waals surface area contributed by atoms with Crippen molar-refractivity contribution in [1.82, 2.24) is 10.2 Å². The number of hydrogen-bond donors (Lipinski definition) is 2. The maximum Gasteiger partial charge on any atom is 0.0752 e. The van der Waals surface area contributed by atoms with Crippen LogP contribution in [0, 0.1) is 0 Å². The highest BCUT2D eigenvalue weighted by Gasteiger charge is 2.20. The molecule has 4 heteroatoms. The van der Waals surface area contributed by atoms with Gasteiger partial charge in [-0.2, -0.15) is 5.10 Å². The topological polar surface area (TPSA) is 57.9 Å². The van der Waals surface area contributed by atoms with Gasteiger partial charge in [-0.05, 0) is 12.8 Å². The average Bonchev–Trinajstić information content (AvgIpc) is 2.69. The van der Waals surface area contributed by atoms with Gasteiger partial charge in [0.1, 0.15) is 0 Å². The summed E-state index contributed by atoms with van der Waals surface area (Å²) in [5.41, 5.74) is 6.90. The molecule has 0 saturated heterocycles. The Bertz CT molecular complexity index is 275. The summed E-state index contributed by atoms with van der Waals surface area (Å²) in [6.45, 7) is 1.64. The van der Waals surface area contributed by atoms with E-state index in [1.165, 1.54) is 44.2 Å². The molecule has 0 atom stereocenters. The van der Waals surface area contributed by atoms with Crippen LogP contribution in [0.15, 0.2) is 12.4 Å². The van der Waals surface area contributed by atoms with Crippen LogP contribution < -0.4 is 10.6 Å². The fourth-order valence-electron chi connectivity index (χ4n) is 2.63. The van der Waals surface area contributed by atoms with Gasteiger partial charge in [0.05, 0.1) is 11.9 Å². The molecule has 0 aliphatic heterocycles. The van der Waals surface area contributed by atoms with Crippen LogP contribution in [-0.4, -0.2) is 29.3 Å². The van der Waals surface area contributed by atoms with Gasteiger partial charge in [-0.25, -0.2) is 0 Å². The van der Waals surface area contributed by atoms with Crippen molar-refractivity contribution < 1.29 is 0 Å². The average molecular weight is 222 g/mol. The Morgan fingerprint density at radius 3 is 2.62 bits per heavy atom. The molecule has 1 aromatic rings. The van der Waals surface area contributed by atoms with Crippen LogP contribution in [0.3, 0.4) is 0 Å². The second-order valence-electron chi connectivity index (χ2n) is 4.58. The van der Waals surface area contributed by atoms with E-state index in [1.807, 2.05) is 12.4 Å². The van der Waals surface area contributed by atoms with Gasteiger partial charge in [-0.3, -0.25) is 5.10 Å². The summed E-state index contributed by atoms with van der Waals surface area (Å²) in [6, 6.07) is 0.656. The Balaban J connectivity index is 2.05. The van der Waals surface area contributed by atoms with Crippen LogP contribution in [0.1, 0.15) is 38.5 Å². The summed E-state index contributed by atoms with van der Waals surface area (Å²) < 4.78 is 0. The molecule has 0 unspecified atom stereocenters. The van der Waals surface area contributed by atoms with Crippen LogP contribution >= 0.6 is 0 Å². The summed E-state index contributed by atoms with van der Waals surface area (Å²) in [7, 11) is 0. The summed E-state index contributed by atoms with van der Waals surface area (Å²) in [5.74, 6) is 0. The van der Waals surface area contributed by atoms with Crippen molar-refractivity contribution >= 4 is 5.69 Å². The number of anilines is 1. The first-order chi connectivity index (χ1) is 7.92. The van der Waals surface area contributed by atoms with Crippen molar-refractivity contribution in [3.8, 4) is 0 Å². The molecule has 16 heavy (non-hydrogen) atoms. The smallest absolute Gasteiger partial charge is 0.0752 e. The molecule has 1 aromatic heterocycles. The van der Waals surface area contributed by atoms with E-state index in [0.29, 0.717) is 12.6 Å². The van der Waals surface area contributed by atoms with Gasteiger partial charge in [-0.1, -0.05) is 25.7 Å². The number of hydrogen-bond acceptors (Lipinski definition) is 3. The lowest BCUT2D eigenvalue weighted by molar-refractivity contribution is 0.527. The second-order valence-corrected chi connectivity index (χ2v) is 4.58. The van der Waals surface area contributed by atoms with E-state index in [0.717, 1.165) is 6.54 Å². The first kappa shape index (κ1) is 11.5. The van der Waals surface area contributed by atoms with Gasteiger partial charge in [0.25, 0.3) is 0 Å². The molecule has 1 aliphatic rings. The third-order valence-corrected chi connectivity index (χ3v) is 3.45. The fraction of sp³-hybridized carbons (Fsp3) is 0.750. The van der Waals surface area contributed by atoms with Gasteiger partial charge in [-0.15, -0.1) is 0 Å². The number of aromatic nitrogens is 2. The maximum absolute atomic E-state index is 5.71. The van der Waals surface area contributed by atoms with Gasteiger partial charge in [0.2, 0.25) is 0 Å².